The molecule has 246 valence electrons. The molecule has 0 saturated carbocycles. The van der Waals surface area contributed by atoms with E-state index in [2.05, 4.69) is 26.2 Å². The van der Waals surface area contributed by atoms with Gasteiger partial charge in [-0.2, -0.15) is 0 Å². The molecule has 0 spiro atoms. The Morgan fingerprint density at radius 1 is 1.17 bits per heavy atom. The standard InChI is InChI=1S/C28H28N8O9S2/c1-34(22(40)15-9-10-17(37)18(38)11-15)26(44)29-19(14-7-5-4-6-8-14)21(39)30-28(45-3)24(43)36-20(23(41)42)16(12-46-25(28)36)13-47-27-31-32-33-35(27)2/h4-11,19,25,37-38H,12-13H2,1-3H3,(H,29,44)(H,30,39)(H,41,42)/t19?,25-,28-/m0/s1. The summed E-state index contributed by atoms with van der Waals surface area (Å²) in [5.41, 5.74) is -1.58. The van der Waals surface area contributed by atoms with Gasteiger partial charge in [0.25, 0.3) is 17.5 Å². The van der Waals surface area contributed by atoms with Gasteiger partial charge < -0.3 is 30.7 Å². The van der Waals surface area contributed by atoms with Crippen LogP contribution in [0.2, 0.25) is 0 Å². The summed E-state index contributed by atoms with van der Waals surface area (Å²) in [5, 5.41) is 45.2. The van der Waals surface area contributed by atoms with Gasteiger partial charge in [-0.15, -0.1) is 16.9 Å². The minimum Gasteiger partial charge on any atom is -0.504 e. The number of hydrogen-bond acceptors (Lipinski definition) is 13. The molecule has 1 aromatic heterocycles. The van der Waals surface area contributed by atoms with Crippen LogP contribution in [0.1, 0.15) is 22.0 Å². The number of thioether (sulfide) groups is 2. The number of methoxy groups -OCH3 is 1. The number of nitrogens with zero attached hydrogens (tertiary/aromatic N) is 6. The summed E-state index contributed by atoms with van der Waals surface area (Å²) < 4.78 is 6.99. The monoisotopic (exact) mass is 684 g/mol. The zero-order chi connectivity index (χ0) is 34.0. The molecule has 3 aromatic rings. The van der Waals surface area contributed by atoms with E-state index in [9.17, 15) is 39.3 Å². The van der Waals surface area contributed by atoms with Gasteiger partial charge in [0.15, 0.2) is 11.5 Å². The van der Waals surface area contributed by atoms with Crippen LogP contribution < -0.4 is 10.6 Å². The summed E-state index contributed by atoms with van der Waals surface area (Å²) in [4.78, 5) is 67.8. The molecule has 1 unspecified atom stereocenters. The summed E-state index contributed by atoms with van der Waals surface area (Å²) in [6.45, 7) is 0. The molecule has 17 nitrogen and oxygen atoms in total. The number of rotatable bonds is 10. The van der Waals surface area contributed by atoms with Gasteiger partial charge in [0, 0.05) is 38.3 Å². The van der Waals surface area contributed by atoms with Crippen molar-refractivity contribution in [2.24, 2.45) is 7.05 Å². The number of imide groups is 1. The fraction of sp³-hybridized carbons (Fsp3) is 0.286. The number of amides is 5. The Morgan fingerprint density at radius 2 is 1.89 bits per heavy atom. The number of ether oxygens (including phenoxy) is 1. The van der Waals surface area contributed by atoms with Crippen LogP contribution in [0.5, 0.6) is 11.5 Å². The first-order chi connectivity index (χ1) is 22.4. The van der Waals surface area contributed by atoms with Crippen LogP contribution in [-0.4, -0.2) is 112 Å². The van der Waals surface area contributed by atoms with E-state index in [1.807, 2.05) is 0 Å². The quantitative estimate of drug-likeness (QED) is 0.0855. The zero-order valence-corrected chi connectivity index (χ0v) is 26.6. The van der Waals surface area contributed by atoms with E-state index >= 15 is 0 Å². The highest BCUT2D eigenvalue weighted by Gasteiger charge is 2.67. The molecular formula is C28H28N8O9S2. The number of benzene rings is 2. The number of nitrogens with one attached hydrogen (secondary N) is 2. The highest BCUT2D eigenvalue weighted by Crippen LogP contribution is 2.47. The number of aliphatic carboxylic acids is 1. The zero-order valence-electron chi connectivity index (χ0n) is 25.0. The van der Waals surface area contributed by atoms with Crippen LogP contribution in [0.25, 0.3) is 0 Å². The topological polar surface area (TPSA) is 229 Å². The fourth-order valence-electron chi connectivity index (χ4n) is 4.91. The Labute approximate surface area is 274 Å². The molecule has 2 aliphatic rings. The molecule has 5 N–H and O–H groups in total. The van der Waals surface area contributed by atoms with Gasteiger partial charge >= 0.3 is 12.0 Å². The number of tetrazole rings is 1. The average Bonchev–Trinajstić information content (AvgIpc) is 3.49. The second kappa shape index (κ2) is 13.3. The number of phenols is 2. The number of aromatic nitrogens is 4. The third-order valence-corrected chi connectivity index (χ3v) is 9.87. The molecule has 1 fully saturated rings. The Bertz CT molecular complexity index is 1790. The smallest absolute Gasteiger partial charge is 0.352 e. The Morgan fingerprint density at radius 3 is 2.51 bits per heavy atom. The second-order valence-electron chi connectivity index (χ2n) is 10.3. The SMILES string of the molecule is CO[C@@]1(NC(=O)C(NC(=O)N(C)C(=O)c2ccc(O)c(O)c2)c2ccccc2)C(=O)N2C(C(=O)O)=C(CSc3nnnn3C)CS[C@H]21. The Hall–Kier alpha value is -5.14. The molecule has 0 radical (unpaired) electrons. The normalized spacial score (nSPS) is 19.3. The second-order valence-corrected chi connectivity index (χ2v) is 12.3. The van der Waals surface area contributed by atoms with Crippen LogP contribution in [0.4, 0.5) is 4.79 Å². The van der Waals surface area contributed by atoms with Gasteiger partial charge in [-0.25, -0.2) is 14.3 Å². The van der Waals surface area contributed by atoms with Crippen molar-refractivity contribution < 1.29 is 44.0 Å². The van der Waals surface area contributed by atoms with Gasteiger partial charge in [-0.1, -0.05) is 42.1 Å². The Kier molecular flexibility index (Phi) is 9.40. The number of aryl methyl sites for hydroxylation is 1. The molecule has 2 aliphatic heterocycles. The van der Waals surface area contributed by atoms with Crippen LogP contribution in [0.3, 0.4) is 0 Å². The van der Waals surface area contributed by atoms with Crippen LogP contribution in [-0.2, 0) is 26.2 Å². The highest BCUT2D eigenvalue weighted by molar-refractivity contribution is 8.01. The van der Waals surface area contributed by atoms with Crippen molar-refractivity contribution in [1.82, 2.24) is 40.6 Å². The van der Waals surface area contributed by atoms with Crippen molar-refractivity contribution in [3.63, 3.8) is 0 Å². The summed E-state index contributed by atoms with van der Waals surface area (Å²) in [6, 6.07) is 8.88. The number of hydrogen-bond donors (Lipinski definition) is 5. The van der Waals surface area contributed by atoms with Crippen molar-refractivity contribution >= 4 is 53.2 Å². The Balaban J connectivity index is 1.36. The van der Waals surface area contributed by atoms with Crippen molar-refractivity contribution in [1.29, 1.82) is 0 Å². The molecule has 0 bridgehead atoms. The number of aromatic hydroxyl groups is 2. The summed E-state index contributed by atoms with van der Waals surface area (Å²) in [5.74, 6) is -4.54. The first-order valence-electron chi connectivity index (χ1n) is 13.7. The van der Waals surface area contributed by atoms with E-state index in [0.717, 1.165) is 24.1 Å². The average molecular weight is 685 g/mol. The molecule has 0 aliphatic carbocycles. The van der Waals surface area contributed by atoms with E-state index in [4.69, 9.17) is 4.74 Å². The molecule has 47 heavy (non-hydrogen) atoms. The van der Waals surface area contributed by atoms with Gasteiger partial charge in [0.05, 0.1) is 0 Å². The number of phenolic OH excluding ortho intramolecular Hbond substituents is 2. The van der Waals surface area contributed by atoms with Gasteiger partial charge in [-0.3, -0.25) is 24.2 Å². The number of carboxylic acid groups (broad SMARTS) is 1. The fourth-order valence-corrected chi connectivity index (χ4v) is 7.34. The van der Waals surface area contributed by atoms with E-state index in [0.29, 0.717) is 21.2 Å². The first-order valence-corrected chi connectivity index (χ1v) is 15.7. The van der Waals surface area contributed by atoms with Gasteiger partial charge in [0.1, 0.15) is 17.1 Å². The molecule has 2 aromatic carbocycles. The van der Waals surface area contributed by atoms with E-state index in [1.165, 1.54) is 41.4 Å². The predicted octanol–water partition coefficient (Wildman–Crippen LogP) is 0.649. The van der Waals surface area contributed by atoms with E-state index in [1.54, 1.807) is 37.4 Å². The van der Waals surface area contributed by atoms with Crippen LogP contribution >= 0.6 is 23.5 Å². The molecule has 3 atom stereocenters. The van der Waals surface area contributed by atoms with Crippen molar-refractivity contribution in [2.75, 3.05) is 25.7 Å². The lowest BCUT2D eigenvalue weighted by Crippen LogP contribution is -2.81. The minimum atomic E-state index is -1.97. The molecule has 3 heterocycles. The number of carbonyl (C=O) groups excluding carboxylic acids is 4. The number of carboxylic acids is 1. The predicted molar refractivity (Wildman–Crippen MR) is 165 cm³/mol. The van der Waals surface area contributed by atoms with Crippen molar-refractivity contribution in [2.45, 2.75) is 22.3 Å². The largest absolute Gasteiger partial charge is 0.504 e. The highest BCUT2D eigenvalue weighted by atomic mass is 32.2. The third kappa shape index (κ3) is 6.19. The van der Waals surface area contributed by atoms with E-state index in [-0.39, 0.29) is 22.8 Å². The number of urea groups is 1. The molecule has 1 saturated heterocycles. The van der Waals surface area contributed by atoms with E-state index < -0.39 is 58.4 Å². The lowest BCUT2D eigenvalue weighted by molar-refractivity contribution is -0.192. The minimum absolute atomic E-state index is 0.111. The number of carbonyl (C=O) groups is 5. The lowest BCUT2D eigenvalue weighted by Gasteiger charge is -2.56. The molecule has 5 rings (SSSR count). The van der Waals surface area contributed by atoms with Gasteiger partial charge in [-0.05, 0) is 39.8 Å². The number of fused-ring (bicyclic) bond motifs is 1. The maximum atomic E-state index is 13.9. The molecule has 5 amide bonds. The summed E-state index contributed by atoms with van der Waals surface area (Å²) in [6.07, 6.45) is 0. The lowest BCUT2D eigenvalue weighted by atomic mass is 9.97. The molecule has 19 heteroatoms. The van der Waals surface area contributed by atoms with Crippen LogP contribution in [0, 0.1) is 0 Å². The van der Waals surface area contributed by atoms with Crippen molar-refractivity contribution in [3.05, 3.63) is 70.9 Å². The van der Waals surface area contributed by atoms with Gasteiger partial charge in [0.2, 0.25) is 11.1 Å². The third-order valence-electron chi connectivity index (χ3n) is 7.39. The van der Waals surface area contributed by atoms with Crippen molar-refractivity contribution in [3.8, 4) is 11.5 Å². The maximum absolute atomic E-state index is 13.9. The first kappa shape index (κ1) is 33.2. The van der Waals surface area contributed by atoms with Crippen LogP contribution in [0.15, 0.2) is 65.0 Å². The maximum Gasteiger partial charge on any atom is 0.352 e. The summed E-state index contributed by atoms with van der Waals surface area (Å²) in [7, 11) is 3.99. The number of β-lactam (4-membered cyclic amide) rings is 1. The summed E-state index contributed by atoms with van der Waals surface area (Å²) >= 11 is 2.38. The molecular weight excluding hydrogens is 656 g/mol.